The van der Waals surface area contributed by atoms with E-state index in [1.165, 1.54) is 19.3 Å². The number of hydrogen-bond donors (Lipinski definition) is 1. The van der Waals surface area contributed by atoms with E-state index in [2.05, 4.69) is 26.1 Å². The fraction of sp³-hybridized carbons (Fsp3) is 0.588. The second kappa shape index (κ2) is 6.09. The lowest BCUT2D eigenvalue weighted by Crippen LogP contribution is -2.52. The molecule has 2 aliphatic heterocycles. The van der Waals surface area contributed by atoms with Crippen molar-refractivity contribution < 1.29 is 4.79 Å². The first-order chi connectivity index (χ1) is 10.1. The van der Waals surface area contributed by atoms with Crippen LogP contribution in [0.5, 0.6) is 0 Å². The number of halogens is 1. The smallest absolute Gasteiger partial charge is 0.255 e. The van der Waals surface area contributed by atoms with Gasteiger partial charge in [-0.25, -0.2) is 0 Å². The number of benzene rings is 1. The van der Waals surface area contributed by atoms with Crippen LogP contribution in [-0.4, -0.2) is 37.0 Å². The zero-order chi connectivity index (χ0) is 14.9. The summed E-state index contributed by atoms with van der Waals surface area (Å²) in [5, 5.41) is 3.52. The summed E-state index contributed by atoms with van der Waals surface area (Å²) in [6.45, 7) is 6.01. The molecule has 114 valence electrons. The second-order valence-electron chi connectivity index (χ2n) is 6.59. The largest absolute Gasteiger partial charge is 0.338 e. The summed E-state index contributed by atoms with van der Waals surface area (Å²) in [6, 6.07) is 6.00. The molecule has 0 aliphatic carbocycles. The van der Waals surface area contributed by atoms with Gasteiger partial charge < -0.3 is 10.2 Å². The zero-order valence-corrected chi connectivity index (χ0v) is 14.2. The van der Waals surface area contributed by atoms with Crippen LogP contribution in [0, 0.1) is 12.3 Å². The lowest BCUT2D eigenvalue weighted by Gasteiger charge is -2.45. The van der Waals surface area contributed by atoms with E-state index in [-0.39, 0.29) is 5.91 Å². The zero-order valence-electron chi connectivity index (χ0n) is 12.6. The molecular formula is C17H23BrN2O. The van der Waals surface area contributed by atoms with Crippen molar-refractivity contribution in [3.05, 3.63) is 33.8 Å². The summed E-state index contributed by atoms with van der Waals surface area (Å²) in [5.74, 6) is 0.176. The molecule has 21 heavy (non-hydrogen) atoms. The molecule has 2 heterocycles. The number of nitrogens with zero attached hydrogens (tertiary/aromatic N) is 1. The predicted octanol–water partition coefficient (Wildman–Crippen LogP) is 3.36. The Morgan fingerprint density at radius 3 is 2.90 bits per heavy atom. The van der Waals surface area contributed by atoms with Gasteiger partial charge in [-0.15, -0.1) is 0 Å². The average molecular weight is 351 g/mol. The number of hydrogen-bond acceptors (Lipinski definition) is 2. The van der Waals surface area contributed by atoms with E-state index < -0.39 is 0 Å². The van der Waals surface area contributed by atoms with Gasteiger partial charge in [0.1, 0.15) is 0 Å². The Kier molecular flexibility index (Phi) is 4.36. The molecular weight excluding hydrogens is 328 g/mol. The fourth-order valence-electron chi connectivity index (χ4n) is 3.73. The van der Waals surface area contributed by atoms with Crippen molar-refractivity contribution in [3.8, 4) is 0 Å². The van der Waals surface area contributed by atoms with E-state index >= 15 is 0 Å². The Balaban J connectivity index is 1.79. The lowest BCUT2D eigenvalue weighted by atomic mass is 9.74. The molecule has 2 fully saturated rings. The first-order valence-corrected chi connectivity index (χ1v) is 8.65. The number of rotatable bonds is 1. The van der Waals surface area contributed by atoms with Crippen LogP contribution in [0.25, 0.3) is 0 Å². The molecule has 2 aliphatic rings. The normalized spacial score (nSPS) is 26.1. The molecule has 4 heteroatoms. The summed E-state index contributed by atoms with van der Waals surface area (Å²) in [7, 11) is 0. The minimum atomic E-state index is 0.176. The van der Waals surface area contributed by atoms with Gasteiger partial charge in [0.15, 0.2) is 0 Å². The highest BCUT2D eigenvalue weighted by Gasteiger charge is 2.38. The molecule has 1 unspecified atom stereocenters. The number of piperidine rings is 2. The molecule has 1 N–H and O–H groups in total. The fourth-order valence-corrected chi connectivity index (χ4v) is 4.15. The van der Waals surface area contributed by atoms with Gasteiger partial charge in [-0.05, 0) is 67.2 Å². The molecule has 2 saturated heterocycles. The summed E-state index contributed by atoms with van der Waals surface area (Å²) < 4.78 is 0.902. The van der Waals surface area contributed by atoms with Crippen LogP contribution in [0.1, 0.15) is 41.6 Å². The molecule has 1 amide bonds. The molecule has 0 radical (unpaired) electrons. The molecule has 0 bridgehead atoms. The summed E-state index contributed by atoms with van der Waals surface area (Å²) in [4.78, 5) is 14.9. The molecule has 3 nitrogen and oxygen atoms in total. The van der Waals surface area contributed by atoms with E-state index in [0.29, 0.717) is 5.41 Å². The van der Waals surface area contributed by atoms with Gasteiger partial charge in [-0.1, -0.05) is 11.6 Å². The topological polar surface area (TPSA) is 32.3 Å². The molecule has 0 saturated carbocycles. The molecule has 1 atom stereocenters. The van der Waals surface area contributed by atoms with Crippen molar-refractivity contribution in [3.63, 3.8) is 0 Å². The van der Waals surface area contributed by atoms with Crippen molar-refractivity contribution in [2.24, 2.45) is 5.41 Å². The molecule has 3 rings (SSSR count). The third-order valence-electron chi connectivity index (χ3n) is 4.86. The van der Waals surface area contributed by atoms with Gasteiger partial charge in [-0.3, -0.25) is 4.79 Å². The molecule has 1 aromatic rings. The molecule has 1 spiro atoms. The molecule has 0 aromatic heterocycles. The Morgan fingerprint density at radius 1 is 1.33 bits per heavy atom. The maximum absolute atomic E-state index is 12.9. The van der Waals surface area contributed by atoms with Crippen molar-refractivity contribution in [1.29, 1.82) is 0 Å². The number of carbonyl (C=O) groups is 1. The predicted molar refractivity (Wildman–Crippen MR) is 88.6 cm³/mol. The highest BCUT2D eigenvalue weighted by molar-refractivity contribution is 9.10. The quantitative estimate of drug-likeness (QED) is 0.842. The van der Waals surface area contributed by atoms with Gasteiger partial charge in [0.05, 0.1) is 5.56 Å². The van der Waals surface area contributed by atoms with Crippen molar-refractivity contribution >= 4 is 21.8 Å². The Labute approximate surface area is 135 Å². The van der Waals surface area contributed by atoms with Gasteiger partial charge in [0, 0.05) is 29.5 Å². The highest BCUT2D eigenvalue weighted by Crippen LogP contribution is 2.36. The van der Waals surface area contributed by atoms with E-state index in [0.717, 1.165) is 48.2 Å². The standard InChI is InChI=1S/C17H23BrN2O/c1-13-4-5-15(18)14(10-13)16(21)20-9-3-7-17(12-20)6-2-8-19-11-17/h4-5,10,19H,2-3,6-9,11-12H2,1H3. The highest BCUT2D eigenvalue weighted by atomic mass is 79.9. The van der Waals surface area contributed by atoms with Crippen LogP contribution in [0.3, 0.4) is 0 Å². The number of likely N-dealkylation sites (tertiary alicyclic amines) is 1. The van der Waals surface area contributed by atoms with Gasteiger partial charge in [-0.2, -0.15) is 0 Å². The Morgan fingerprint density at radius 2 is 2.14 bits per heavy atom. The number of amides is 1. The van der Waals surface area contributed by atoms with Crippen molar-refractivity contribution in [2.75, 3.05) is 26.2 Å². The Hall–Kier alpha value is -0.870. The van der Waals surface area contributed by atoms with Crippen LogP contribution < -0.4 is 5.32 Å². The van der Waals surface area contributed by atoms with Crippen LogP contribution in [0.2, 0.25) is 0 Å². The first-order valence-electron chi connectivity index (χ1n) is 7.86. The summed E-state index contributed by atoms with van der Waals surface area (Å²) in [5.41, 5.74) is 2.24. The van der Waals surface area contributed by atoms with Crippen LogP contribution in [-0.2, 0) is 0 Å². The third kappa shape index (κ3) is 3.16. The SMILES string of the molecule is Cc1ccc(Br)c(C(=O)N2CCCC3(CCCNC3)C2)c1. The van der Waals surface area contributed by atoms with Crippen LogP contribution in [0.4, 0.5) is 0 Å². The van der Waals surface area contributed by atoms with Crippen LogP contribution in [0.15, 0.2) is 22.7 Å². The van der Waals surface area contributed by atoms with Crippen molar-refractivity contribution in [1.82, 2.24) is 10.2 Å². The monoisotopic (exact) mass is 350 g/mol. The second-order valence-corrected chi connectivity index (χ2v) is 7.45. The number of nitrogens with one attached hydrogen (secondary N) is 1. The van der Waals surface area contributed by atoms with E-state index in [1.807, 2.05) is 25.1 Å². The summed E-state index contributed by atoms with van der Waals surface area (Å²) in [6.07, 6.45) is 4.85. The van der Waals surface area contributed by atoms with E-state index in [1.54, 1.807) is 0 Å². The average Bonchev–Trinajstić information content (AvgIpc) is 2.50. The number of carbonyl (C=O) groups excluding carboxylic acids is 1. The maximum atomic E-state index is 12.9. The number of aryl methyl sites for hydroxylation is 1. The Bertz CT molecular complexity index is 532. The van der Waals surface area contributed by atoms with E-state index in [9.17, 15) is 4.79 Å². The lowest BCUT2D eigenvalue weighted by molar-refractivity contribution is 0.0433. The third-order valence-corrected chi connectivity index (χ3v) is 5.55. The van der Waals surface area contributed by atoms with Gasteiger partial charge in [0.25, 0.3) is 5.91 Å². The van der Waals surface area contributed by atoms with Gasteiger partial charge in [0.2, 0.25) is 0 Å². The minimum absolute atomic E-state index is 0.176. The van der Waals surface area contributed by atoms with Crippen molar-refractivity contribution in [2.45, 2.75) is 32.6 Å². The maximum Gasteiger partial charge on any atom is 0.255 e. The summed E-state index contributed by atoms with van der Waals surface area (Å²) >= 11 is 3.53. The van der Waals surface area contributed by atoms with Crippen LogP contribution >= 0.6 is 15.9 Å². The van der Waals surface area contributed by atoms with E-state index in [4.69, 9.17) is 0 Å². The first kappa shape index (κ1) is 15.0. The van der Waals surface area contributed by atoms with Gasteiger partial charge >= 0.3 is 0 Å². The molecule has 1 aromatic carbocycles. The minimum Gasteiger partial charge on any atom is -0.338 e.